The number of carbonyl (C=O) groups excluding carboxylic acids is 1. The number of ether oxygens (including phenoxy) is 1. The Bertz CT molecular complexity index is 1460. The van der Waals surface area contributed by atoms with Crippen LogP contribution in [0.3, 0.4) is 0 Å². The Hall–Kier alpha value is -3.90. The summed E-state index contributed by atoms with van der Waals surface area (Å²) in [6, 6.07) is 31.4. The number of nitrogens with zero attached hydrogens (tertiary/aromatic N) is 2. The Morgan fingerprint density at radius 3 is 2.62 bits per heavy atom. The van der Waals surface area contributed by atoms with Gasteiger partial charge in [-0.05, 0) is 62.1 Å². The second kappa shape index (κ2) is 9.93. The summed E-state index contributed by atoms with van der Waals surface area (Å²) in [4.78, 5) is 12.8. The van der Waals surface area contributed by atoms with Crippen LogP contribution in [0, 0.1) is 0 Å². The van der Waals surface area contributed by atoms with Crippen molar-refractivity contribution in [2.45, 2.75) is 13.2 Å². The lowest BCUT2D eigenvalue weighted by molar-refractivity contribution is 0.102. The smallest absolute Gasteiger partial charge is 0.256 e. The zero-order valence-electron chi connectivity index (χ0n) is 18.3. The third-order valence-electron chi connectivity index (χ3n) is 5.51. The highest BCUT2D eigenvalue weighted by molar-refractivity contribution is 9.10. The van der Waals surface area contributed by atoms with Crippen LogP contribution in [-0.4, -0.2) is 15.7 Å². The molecule has 1 aromatic heterocycles. The molecule has 1 amide bonds. The number of aromatic nitrogens is 2. The Kier molecular flexibility index (Phi) is 6.40. The topological polar surface area (TPSA) is 56.2 Å². The molecule has 34 heavy (non-hydrogen) atoms. The van der Waals surface area contributed by atoms with Crippen molar-refractivity contribution >= 4 is 38.4 Å². The molecular formula is C28H22BrN3O2. The van der Waals surface area contributed by atoms with Crippen LogP contribution in [0.5, 0.6) is 5.75 Å². The van der Waals surface area contributed by atoms with E-state index in [9.17, 15) is 4.79 Å². The van der Waals surface area contributed by atoms with Gasteiger partial charge < -0.3 is 10.1 Å². The molecule has 6 heteroatoms. The molecular weight excluding hydrogens is 490 g/mol. The van der Waals surface area contributed by atoms with E-state index in [4.69, 9.17) is 4.74 Å². The van der Waals surface area contributed by atoms with Crippen molar-refractivity contribution in [1.29, 1.82) is 0 Å². The summed E-state index contributed by atoms with van der Waals surface area (Å²) in [5, 5.41) is 9.83. The molecule has 1 N–H and O–H groups in total. The number of hydrogen-bond acceptors (Lipinski definition) is 3. The number of carbonyl (C=O) groups is 1. The molecule has 4 aromatic carbocycles. The van der Waals surface area contributed by atoms with Crippen molar-refractivity contribution in [1.82, 2.24) is 9.78 Å². The van der Waals surface area contributed by atoms with E-state index in [1.807, 2.05) is 71.5 Å². The summed E-state index contributed by atoms with van der Waals surface area (Å²) < 4.78 is 8.60. The molecule has 5 rings (SSSR count). The third kappa shape index (κ3) is 5.02. The molecule has 5 nitrogen and oxygen atoms in total. The molecule has 0 saturated heterocycles. The lowest BCUT2D eigenvalue weighted by atomic mass is 10.0. The van der Waals surface area contributed by atoms with Crippen molar-refractivity contribution < 1.29 is 9.53 Å². The van der Waals surface area contributed by atoms with Gasteiger partial charge in [-0.25, -0.2) is 0 Å². The van der Waals surface area contributed by atoms with Crippen LogP contribution in [-0.2, 0) is 13.2 Å². The van der Waals surface area contributed by atoms with E-state index in [0.29, 0.717) is 24.5 Å². The summed E-state index contributed by atoms with van der Waals surface area (Å²) in [6.45, 7) is 0.989. The zero-order valence-corrected chi connectivity index (χ0v) is 19.9. The van der Waals surface area contributed by atoms with Gasteiger partial charge in [0, 0.05) is 17.8 Å². The van der Waals surface area contributed by atoms with E-state index in [1.54, 1.807) is 6.07 Å². The predicted octanol–water partition coefficient (Wildman–Crippen LogP) is 6.68. The van der Waals surface area contributed by atoms with Gasteiger partial charge in [0.2, 0.25) is 0 Å². The first-order chi connectivity index (χ1) is 16.7. The maximum atomic E-state index is 12.8. The van der Waals surface area contributed by atoms with Crippen molar-refractivity contribution in [2.75, 3.05) is 5.32 Å². The molecule has 1 heterocycles. The van der Waals surface area contributed by atoms with Gasteiger partial charge in [0.05, 0.1) is 11.0 Å². The van der Waals surface area contributed by atoms with Crippen LogP contribution in [0.25, 0.3) is 10.8 Å². The van der Waals surface area contributed by atoms with Crippen LogP contribution < -0.4 is 10.1 Å². The minimum Gasteiger partial charge on any atom is -0.488 e. The summed E-state index contributed by atoms with van der Waals surface area (Å²) >= 11 is 3.48. The number of anilines is 1. The molecule has 0 aliphatic carbocycles. The molecule has 0 unspecified atom stereocenters. The van der Waals surface area contributed by atoms with Crippen molar-refractivity contribution in [2.24, 2.45) is 0 Å². The van der Waals surface area contributed by atoms with Gasteiger partial charge in [0.1, 0.15) is 12.4 Å². The Balaban J connectivity index is 1.24. The molecule has 5 aromatic rings. The van der Waals surface area contributed by atoms with E-state index in [0.717, 1.165) is 15.8 Å². The lowest BCUT2D eigenvalue weighted by Crippen LogP contribution is -2.13. The van der Waals surface area contributed by atoms with Crippen molar-refractivity contribution in [3.8, 4) is 5.75 Å². The molecule has 0 radical (unpaired) electrons. The maximum absolute atomic E-state index is 12.8. The van der Waals surface area contributed by atoms with Crippen LogP contribution >= 0.6 is 15.9 Å². The Labute approximate surface area is 206 Å². The summed E-state index contributed by atoms with van der Waals surface area (Å²) in [6.07, 6.45) is 1.87. The van der Waals surface area contributed by atoms with Crippen LogP contribution in [0.1, 0.15) is 21.5 Å². The van der Waals surface area contributed by atoms with Crippen molar-refractivity contribution in [3.05, 3.63) is 124 Å². The van der Waals surface area contributed by atoms with Gasteiger partial charge in [-0.3, -0.25) is 9.48 Å². The van der Waals surface area contributed by atoms with Crippen LogP contribution in [0.4, 0.5) is 5.82 Å². The number of fused-ring (bicyclic) bond motifs is 1. The predicted molar refractivity (Wildman–Crippen MR) is 138 cm³/mol. The summed E-state index contributed by atoms with van der Waals surface area (Å²) in [5.74, 6) is 1.06. The molecule has 0 aliphatic rings. The maximum Gasteiger partial charge on any atom is 0.256 e. The highest BCUT2D eigenvalue weighted by Gasteiger charge is 2.10. The number of para-hydroxylation sites is 1. The normalized spacial score (nSPS) is 10.9. The van der Waals surface area contributed by atoms with E-state index < -0.39 is 0 Å². The largest absolute Gasteiger partial charge is 0.488 e. The molecule has 0 aliphatic heterocycles. The fourth-order valence-corrected chi connectivity index (χ4v) is 4.23. The average molecular weight is 512 g/mol. The number of rotatable bonds is 7. The minimum absolute atomic E-state index is 0.210. The van der Waals surface area contributed by atoms with E-state index in [2.05, 4.69) is 56.7 Å². The van der Waals surface area contributed by atoms with Crippen LogP contribution in [0.15, 0.2) is 108 Å². The fraction of sp³-hybridized carbons (Fsp3) is 0.0714. The highest BCUT2D eigenvalue weighted by Crippen LogP contribution is 2.25. The first kappa shape index (κ1) is 21.9. The number of benzene rings is 4. The van der Waals surface area contributed by atoms with Crippen molar-refractivity contribution in [3.63, 3.8) is 0 Å². The van der Waals surface area contributed by atoms with E-state index in [1.165, 1.54) is 16.3 Å². The minimum atomic E-state index is -0.210. The monoisotopic (exact) mass is 511 g/mol. The second-order valence-electron chi connectivity index (χ2n) is 7.91. The molecule has 0 bridgehead atoms. The fourth-order valence-electron chi connectivity index (χ4n) is 3.84. The van der Waals surface area contributed by atoms with Crippen LogP contribution in [0.2, 0.25) is 0 Å². The highest BCUT2D eigenvalue weighted by atomic mass is 79.9. The number of hydrogen-bond donors (Lipinski definition) is 1. The van der Waals surface area contributed by atoms with Gasteiger partial charge >= 0.3 is 0 Å². The van der Waals surface area contributed by atoms with E-state index in [-0.39, 0.29) is 5.91 Å². The molecule has 0 saturated carbocycles. The Morgan fingerprint density at radius 1 is 0.912 bits per heavy atom. The van der Waals surface area contributed by atoms with Gasteiger partial charge in [0.15, 0.2) is 5.82 Å². The standard InChI is InChI=1S/C28H22BrN3O2/c29-25-13-3-4-14-26(25)34-19-20-7-5-10-22(17-20)28(33)30-27-15-16-32(31-27)18-23-11-6-9-21-8-1-2-12-24(21)23/h1-17H,18-19H2,(H,30,31,33). The van der Waals surface area contributed by atoms with Gasteiger partial charge in [-0.15, -0.1) is 0 Å². The molecule has 168 valence electrons. The van der Waals surface area contributed by atoms with Gasteiger partial charge in [-0.1, -0.05) is 66.7 Å². The number of halogens is 1. The first-order valence-corrected chi connectivity index (χ1v) is 11.7. The SMILES string of the molecule is O=C(Nc1ccn(Cc2cccc3ccccc23)n1)c1cccc(COc2ccccc2Br)c1. The molecule has 0 spiro atoms. The average Bonchev–Trinajstić information content (AvgIpc) is 3.30. The molecule has 0 fully saturated rings. The first-order valence-electron chi connectivity index (χ1n) is 10.9. The second-order valence-corrected chi connectivity index (χ2v) is 8.76. The quantitative estimate of drug-likeness (QED) is 0.265. The number of nitrogens with one attached hydrogen (secondary N) is 1. The summed E-state index contributed by atoms with van der Waals surface area (Å²) in [5.41, 5.74) is 2.64. The number of amides is 1. The molecule has 0 atom stereocenters. The summed E-state index contributed by atoms with van der Waals surface area (Å²) in [7, 11) is 0. The zero-order chi connectivity index (χ0) is 23.3. The Morgan fingerprint density at radius 2 is 1.71 bits per heavy atom. The van der Waals surface area contributed by atoms with E-state index >= 15 is 0 Å². The lowest BCUT2D eigenvalue weighted by Gasteiger charge is -2.09. The third-order valence-corrected chi connectivity index (χ3v) is 6.17. The van der Waals surface area contributed by atoms with Gasteiger partial charge in [-0.2, -0.15) is 5.10 Å². The van der Waals surface area contributed by atoms with Gasteiger partial charge in [0.25, 0.3) is 5.91 Å².